The molecule has 0 spiro atoms. The molecule has 152 valence electrons. The van der Waals surface area contributed by atoms with Crippen LogP contribution in [0.1, 0.15) is 37.5 Å². The van der Waals surface area contributed by atoms with E-state index < -0.39 is 11.7 Å². The summed E-state index contributed by atoms with van der Waals surface area (Å²) in [7, 11) is 0. The van der Waals surface area contributed by atoms with Crippen LogP contribution in [0, 0.1) is 5.82 Å². The molecule has 0 saturated carbocycles. The van der Waals surface area contributed by atoms with Crippen molar-refractivity contribution in [2.45, 2.75) is 32.9 Å². The van der Waals surface area contributed by atoms with E-state index in [4.69, 9.17) is 9.84 Å². The van der Waals surface area contributed by atoms with Crippen molar-refractivity contribution in [3.8, 4) is 11.1 Å². The van der Waals surface area contributed by atoms with Gasteiger partial charge in [-0.05, 0) is 49.6 Å². The first-order valence-corrected chi connectivity index (χ1v) is 9.84. The van der Waals surface area contributed by atoms with Crippen molar-refractivity contribution >= 4 is 11.8 Å². The third kappa shape index (κ3) is 4.10. The number of hydrogen-bond donors (Lipinski definition) is 0. The zero-order chi connectivity index (χ0) is 21.3. The van der Waals surface area contributed by atoms with E-state index in [1.54, 1.807) is 12.1 Å². The maximum absolute atomic E-state index is 13.3. The fourth-order valence-corrected chi connectivity index (χ4v) is 3.44. The molecule has 0 aromatic heterocycles. The summed E-state index contributed by atoms with van der Waals surface area (Å²) in [5.41, 5.74) is 4.90. The second-order valence-electron chi connectivity index (χ2n) is 8.20. The molecule has 0 aliphatic heterocycles. The number of rotatable bonds is 3. The topological polar surface area (TPSA) is 41.9 Å². The Balaban J connectivity index is 1.78. The van der Waals surface area contributed by atoms with Gasteiger partial charge >= 0.3 is 6.09 Å². The van der Waals surface area contributed by atoms with Crippen molar-refractivity contribution in [2.24, 2.45) is 5.10 Å². The van der Waals surface area contributed by atoms with Crippen LogP contribution in [0.3, 0.4) is 0 Å². The van der Waals surface area contributed by atoms with Crippen LogP contribution in [0.4, 0.5) is 9.18 Å². The van der Waals surface area contributed by atoms with E-state index in [-0.39, 0.29) is 12.4 Å². The van der Waals surface area contributed by atoms with Crippen molar-refractivity contribution in [2.75, 3.05) is 0 Å². The molecule has 0 atom stereocenters. The lowest BCUT2D eigenvalue weighted by Crippen LogP contribution is -2.34. The summed E-state index contributed by atoms with van der Waals surface area (Å²) in [5.74, 6) is -0.326. The Hall–Kier alpha value is -3.47. The number of nitrogens with zero attached hydrogens (tertiary/aromatic N) is 2. The van der Waals surface area contributed by atoms with Crippen molar-refractivity contribution in [3.63, 3.8) is 0 Å². The van der Waals surface area contributed by atoms with Gasteiger partial charge in [0, 0.05) is 11.1 Å². The van der Waals surface area contributed by atoms with Crippen LogP contribution in [0.2, 0.25) is 0 Å². The highest BCUT2D eigenvalue weighted by molar-refractivity contribution is 6.24. The number of hydrogen-bond acceptors (Lipinski definition) is 3. The minimum atomic E-state index is -0.663. The number of fused-ring (bicyclic) bond motifs is 3. The molecule has 0 heterocycles. The summed E-state index contributed by atoms with van der Waals surface area (Å²) in [5, 5.41) is 6.05. The second kappa shape index (κ2) is 7.75. The number of benzene rings is 3. The van der Waals surface area contributed by atoms with Gasteiger partial charge in [-0.3, -0.25) is 0 Å². The second-order valence-corrected chi connectivity index (χ2v) is 8.20. The molecule has 1 aliphatic rings. The number of carbonyl (C=O) groups is 1. The number of hydrazone groups is 1. The van der Waals surface area contributed by atoms with Gasteiger partial charge in [0.1, 0.15) is 11.4 Å². The predicted molar refractivity (Wildman–Crippen MR) is 116 cm³/mol. The van der Waals surface area contributed by atoms with Gasteiger partial charge in [0.05, 0.1) is 12.3 Å². The standard InChI is InChI=1S/C25H23FN2O2/c1-25(2,3)30-24(29)28(16-17-12-14-18(26)15-13-17)27-23-21-10-6-4-8-19(21)20-9-5-7-11-22(20)23/h4-15H,16H2,1-3H3. The van der Waals surface area contributed by atoms with Crippen LogP contribution >= 0.6 is 0 Å². The highest BCUT2D eigenvalue weighted by atomic mass is 19.1. The van der Waals surface area contributed by atoms with E-state index in [0.29, 0.717) is 5.71 Å². The minimum Gasteiger partial charge on any atom is -0.442 e. The molecule has 5 heteroatoms. The largest absolute Gasteiger partial charge is 0.442 e. The number of carbonyl (C=O) groups excluding carboxylic acids is 1. The van der Waals surface area contributed by atoms with E-state index >= 15 is 0 Å². The number of halogens is 1. The maximum Gasteiger partial charge on any atom is 0.431 e. The van der Waals surface area contributed by atoms with Gasteiger partial charge in [-0.2, -0.15) is 10.1 Å². The summed E-state index contributed by atoms with van der Waals surface area (Å²) >= 11 is 0. The Kier molecular flexibility index (Phi) is 5.12. The van der Waals surface area contributed by atoms with E-state index in [2.05, 4.69) is 12.1 Å². The van der Waals surface area contributed by atoms with Crippen LogP contribution in [0.25, 0.3) is 11.1 Å². The molecule has 3 aromatic carbocycles. The summed E-state index contributed by atoms with van der Waals surface area (Å²) in [6.45, 7) is 5.61. The molecule has 0 saturated heterocycles. The molecule has 4 rings (SSSR count). The molecule has 30 heavy (non-hydrogen) atoms. The molecule has 3 aromatic rings. The predicted octanol–water partition coefficient (Wildman–Crippen LogP) is 6.00. The van der Waals surface area contributed by atoms with E-state index in [1.165, 1.54) is 17.1 Å². The minimum absolute atomic E-state index is 0.170. The zero-order valence-corrected chi connectivity index (χ0v) is 17.2. The van der Waals surface area contributed by atoms with E-state index in [9.17, 15) is 9.18 Å². The van der Waals surface area contributed by atoms with Gasteiger partial charge in [0.25, 0.3) is 0 Å². The third-order valence-corrected chi connectivity index (χ3v) is 4.73. The lowest BCUT2D eigenvalue weighted by molar-refractivity contribution is 0.0239. The highest BCUT2D eigenvalue weighted by Gasteiger charge is 2.28. The smallest absolute Gasteiger partial charge is 0.431 e. The van der Waals surface area contributed by atoms with Gasteiger partial charge in [-0.15, -0.1) is 0 Å². The average Bonchev–Trinajstić information content (AvgIpc) is 3.02. The lowest BCUT2D eigenvalue weighted by Gasteiger charge is -2.25. The fourth-order valence-electron chi connectivity index (χ4n) is 3.44. The van der Waals surface area contributed by atoms with Crippen LogP contribution in [0.15, 0.2) is 77.9 Å². The Morgan fingerprint density at radius 1 is 0.867 bits per heavy atom. The Morgan fingerprint density at radius 3 is 1.87 bits per heavy atom. The first kappa shape index (κ1) is 19.8. The zero-order valence-electron chi connectivity index (χ0n) is 17.2. The Bertz CT molecular complexity index is 1070. The summed E-state index contributed by atoms with van der Waals surface area (Å²) in [6, 6.07) is 22.0. The molecular formula is C25H23FN2O2. The van der Waals surface area contributed by atoms with E-state index in [0.717, 1.165) is 27.8 Å². The first-order valence-electron chi connectivity index (χ1n) is 9.84. The Labute approximate surface area is 175 Å². The molecule has 1 aliphatic carbocycles. The SMILES string of the molecule is CC(C)(C)OC(=O)N(Cc1ccc(F)cc1)N=C1c2ccccc2-c2ccccc21. The lowest BCUT2D eigenvalue weighted by atomic mass is 10.1. The van der Waals surface area contributed by atoms with Crippen molar-refractivity contribution in [1.82, 2.24) is 5.01 Å². The van der Waals surface area contributed by atoms with Crippen LogP contribution < -0.4 is 0 Å². The van der Waals surface area contributed by atoms with Crippen molar-refractivity contribution < 1.29 is 13.9 Å². The molecule has 4 nitrogen and oxygen atoms in total. The first-order chi connectivity index (χ1) is 14.3. The van der Waals surface area contributed by atoms with Gasteiger partial charge in [-0.1, -0.05) is 60.7 Å². The van der Waals surface area contributed by atoms with Gasteiger partial charge in [-0.25, -0.2) is 9.18 Å². The average molecular weight is 402 g/mol. The van der Waals surface area contributed by atoms with Gasteiger partial charge in [0.15, 0.2) is 0 Å². The molecule has 0 N–H and O–H groups in total. The highest BCUT2D eigenvalue weighted by Crippen LogP contribution is 2.37. The van der Waals surface area contributed by atoms with Crippen molar-refractivity contribution in [1.29, 1.82) is 0 Å². The van der Waals surface area contributed by atoms with E-state index in [1.807, 2.05) is 57.2 Å². The normalized spacial score (nSPS) is 12.2. The number of amides is 1. The monoisotopic (exact) mass is 402 g/mol. The molecular weight excluding hydrogens is 379 g/mol. The third-order valence-electron chi connectivity index (χ3n) is 4.73. The van der Waals surface area contributed by atoms with Crippen molar-refractivity contribution in [3.05, 3.63) is 95.3 Å². The van der Waals surface area contributed by atoms with Crippen LogP contribution in [-0.4, -0.2) is 22.4 Å². The quantitative estimate of drug-likeness (QED) is 0.395. The van der Waals surface area contributed by atoms with Crippen LogP contribution in [-0.2, 0) is 11.3 Å². The summed E-state index contributed by atoms with van der Waals surface area (Å²) in [4.78, 5) is 13.0. The Morgan fingerprint density at radius 2 is 1.37 bits per heavy atom. The van der Waals surface area contributed by atoms with Gasteiger partial charge < -0.3 is 4.74 Å². The van der Waals surface area contributed by atoms with Gasteiger partial charge in [0.2, 0.25) is 0 Å². The molecule has 0 bridgehead atoms. The maximum atomic E-state index is 13.3. The number of ether oxygens (including phenoxy) is 1. The van der Waals surface area contributed by atoms with Crippen LogP contribution in [0.5, 0.6) is 0 Å². The molecule has 0 unspecified atom stereocenters. The summed E-state index contributed by atoms with van der Waals surface area (Å²) < 4.78 is 18.9. The summed E-state index contributed by atoms with van der Waals surface area (Å²) in [6.07, 6.45) is -0.554. The molecule has 0 fully saturated rings. The molecule has 1 amide bonds. The molecule has 0 radical (unpaired) electrons. The fraction of sp³-hybridized carbons (Fsp3) is 0.200.